The van der Waals surface area contributed by atoms with Crippen LogP contribution in [0.25, 0.3) is 0 Å². The molecule has 0 spiro atoms. The van der Waals surface area contributed by atoms with E-state index in [4.69, 9.17) is 0 Å². The summed E-state index contributed by atoms with van der Waals surface area (Å²) in [6, 6.07) is 6.17. The highest BCUT2D eigenvalue weighted by Gasteiger charge is 2.14. The van der Waals surface area contributed by atoms with E-state index in [0.29, 0.717) is 41.4 Å². The van der Waals surface area contributed by atoms with Crippen LogP contribution in [0.4, 0.5) is 17.5 Å². The normalized spacial score (nSPS) is 12.5. The van der Waals surface area contributed by atoms with Crippen LogP contribution in [0.2, 0.25) is 0 Å². The van der Waals surface area contributed by atoms with E-state index in [2.05, 4.69) is 46.2 Å². The molecule has 0 saturated heterocycles. The van der Waals surface area contributed by atoms with E-state index >= 15 is 0 Å². The molecule has 0 aliphatic carbocycles. The third kappa shape index (κ3) is 6.72. The lowest BCUT2D eigenvalue weighted by Crippen LogP contribution is -2.25. The van der Waals surface area contributed by atoms with Crippen molar-refractivity contribution in [2.24, 2.45) is 0 Å². The molecule has 3 rings (SSSR count). The van der Waals surface area contributed by atoms with E-state index in [9.17, 15) is 13.5 Å². The zero-order valence-electron chi connectivity index (χ0n) is 16.9. The number of imidazole rings is 1. The molecule has 31 heavy (non-hydrogen) atoms. The summed E-state index contributed by atoms with van der Waals surface area (Å²) in [6.45, 7) is 2.81. The molecule has 0 unspecified atom stereocenters. The fourth-order valence-corrected chi connectivity index (χ4v) is 4.00. The number of aliphatic hydroxyl groups excluding tert-OH is 1. The van der Waals surface area contributed by atoms with Crippen molar-refractivity contribution in [3.63, 3.8) is 0 Å². The molecule has 10 nitrogen and oxygen atoms in total. The summed E-state index contributed by atoms with van der Waals surface area (Å²) < 4.78 is 30.1. The van der Waals surface area contributed by atoms with Gasteiger partial charge in [-0.05, 0) is 53.5 Å². The van der Waals surface area contributed by atoms with Gasteiger partial charge >= 0.3 is 0 Å². The van der Waals surface area contributed by atoms with Crippen molar-refractivity contribution in [1.29, 1.82) is 0 Å². The largest absolute Gasteiger partial charge is 0.394 e. The van der Waals surface area contributed by atoms with Crippen LogP contribution >= 0.6 is 15.9 Å². The van der Waals surface area contributed by atoms with Crippen molar-refractivity contribution in [2.75, 3.05) is 23.8 Å². The van der Waals surface area contributed by atoms with E-state index in [0.717, 1.165) is 0 Å². The second kappa shape index (κ2) is 10.7. The Kier molecular flexibility index (Phi) is 7.96. The smallest absolute Gasteiger partial charge is 0.240 e. The molecule has 0 radical (unpaired) electrons. The molecule has 1 aromatic carbocycles. The minimum atomic E-state index is -3.59. The maximum absolute atomic E-state index is 12.5. The Bertz CT molecular complexity index is 1080. The van der Waals surface area contributed by atoms with Crippen molar-refractivity contribution >= 4 is 43.4 Å². The number of aliphatic hydroxyl groups is 1. The SMILES string of the molecule is C[C@H](CO)Nc1nc(Nc2ccc(S(=O)(=O)NCCCn3ccnc3)cc2)ncc1Br. The topological polar surface area (TPSA) is 134 Å². The number of benzene rings is 1. The predicted octanol–water partition coefficient (Wildman–Crippen LogP) is 2.34. The summed E-state index contributed by atoms with van der Waals surface area (Å²) in [5, 5.41) is 15.3. The van der Waals surface area contributed by atoms with Crippen molar-refractivity contribution in [3.8, 4) is 0 Å². The fraction of sp³-hybridized carbons (Fsp3) is 0.316. The highest BCUT2D eigenvalue weighted by atomic mass is 79.9. The van der Waals surface area contributed by atoms with Gasteiger partial charge in [0.15, 0.2) is 0 Å². The number of aryl methyl sites for hydroxylation is 1. The number of halogens is 1. The van der Waals surface area contributed by atoms with Gasteiger partial charge in [-0.25, -0.2) is 23.1 Å². The van der Waals surface area contributed by atoms with Gasteiger partial charge in [-0.2, -0.15) is 4.98 Å². The average molecular weight is 510 g/mol. The molecule has 0 saturated carbocycles. The van der Waals surface area contributed by atoms with Crippen LogP contribution in [0.15, 0.2) is 58.6 Å². The molecule has 0 fully saturated rings. The van der Waals surface area contributed by atoms with Crippen LogP contribution in [-0.2, 0) is 16.6 Å². The second-order valence-corrected chi connectivity index (χ2v) is 9.44. The Morgan fingerprint density at radius 3 is 2.71 bits per heavy atom. The maximum Gasteiger partial charge on any atom is 0.240 e. The number of hydrogen-bond acceptors (Lipinski definition) is 8. The second-order valence-electron chi connectivity index (χ2n) is 6.82. The first-order valence-corrected chi connectivity index (χ1v) is 11.9. The lowest BCUT2D eigenvalue weighted by molar-refractivity contribution is 0.281. The van der Waals surface area contributed by atoms with Crippen molar-refractivity contribution in [3.05, 3.63) is 53.7 Å². The van der Waals surface area contributed by atoms with Crippen LogP contribution in [0.3, 0.4) is 0 Å². The van der Waals surface area contributed by atoms with Crippen LogP contribution in [-0.4, -0.2) is 52.2 Å². The Labute approximate surface area is 189 Å². The standard InChI is InChI=1S/C19H24BrN7O3S/c1-14(12-28)24-18-17(20)11-22-19(26-18)25-15-3-5-16(6-4-15)31(29,30)23-7-2-9-27-10-8-21-13-27/h3-6,8,10-11,13-14,23,28H,2,7,9,12H2,1H3,(H2,22,24,25,26)/t14-/m1/s1. The van der Waals surface area contributed by atoms with Crippen LogP contribution in [0.1, 0.15) is 13.3 Å². The molecular formula is C19H24BrN7O3S. The third-order valence-electron chi connectivity index (χ3n) is 4.27. The highest BCUT2D eigenvalue weighted by Crippen LogP contribution is 2.23. The Balaban J connectivity index is 1.58. The van der Waals surface area contributed by atoms with Gasteiger partial charge in [0.2, 0.25) is 16.0 Å². The van der Waals surface area contributed by atoms with E-state index in [-0.39, 0.29) is 17.5 Å². The van der Waals surface area contributed by atoms with Gasteiger partial charge in [-0.1, -0.05) is 0 Å². The molecule has 0 amide bonds. The molecule has 4 N–H and O–H groups in total. The lowest BCUT2D eigenvalue weighted by atomic mass is 10.3. The van der Waals surface area contributed by atoms with Gasteiger partial charge in [0, 0.05) is 43.4 Å². The quantitative estimate of drug-likeness (QED) is 0.289. The summed E-state index contributed by atoms with van der Waals surface area (Å²) in [5.41, 5.74) is 0.641. The summed E-state index contributed by atoms with van der Waals surface area (Å²) >= 11 is 3.37. The Hall–Kier alpha value is -2.54. The molecule has 1 atom stereocenters. The summed E-state index contributed by atoms with van der Waals surface area (Å²) in [5.74, 6) is 0.877. The molecular weight excluding hydrogens is 486 g/mol. The summed E-state index contributed by atoms with van der Waals surface area (Å²) in [7, 11) is -3.59. The van der Waals surface area contributed by atoms with Gasteiger partial charge in [0.1, 0.15) is 5.82 Å². The molecule has 12 heteroatoms. The molecule has 3 aromatic rings. The first kappa shape index (κ1) is 23.1. The van der Waals surface area contributed by atoms with Crippen molar-refractivity contribution in [1.82, 2.24) is 24.2 Å². The van der Waals surface area contributed by atoms with Crippen LogP contribution < -0.4 is 15.4 Å². The molecule has 2 aromatic heterocycles. The number of anilines is 3. The Morgan fingerprint density at radius 1 is 1.26 bits per heavy atom. The van der Waals surface area contributed by atoms with Gasteiger partial charge < -0.3 is 20.3 Å². The molecule has 0 aliphatic rings. The minimum Gasteiger partial charge on any atom is -0.394 e. The zero-order chi connectivity index (χ0) is 22.3. The molecule has 0 bridgehead atoms. The lowest BCUT2D eigenvalue weighted by Gasteiger charge is -2.14. The minimum absolute atomic E-state index is 0.0350. The number of nitrogens with one attached hydrogen (secondary N) is 3. The number of nitrogens with zero attached hydrogens (tertiary/aromatic N) is 4. The zero-order valence-corrected chi connectivity index (χ0v) is 19.3. The van der Waals surface area contributed by atoms with E-state index < -0.39 is 10.0 Å². The summed E-state index contributed by atoms with van der Waals surface area (Å²) in [4.78, 5) is 12.7. The first-order chi connectivity index (χ1) is 14.9. The number of sulfonamides is 1. The van der Waals surface area contributed by atoms with Crippen molar-refractivity contribution in [2.45, 2.75) is 30.8 Å². The predicted molar refractivity (Wildman–Crippen MR) is 122 cm³/mol. The highest BCUT2D eigenvalue weighted by molar-refractivity contribution is 9.10. The molecule has 0 aliphatic heterocycles. The monoisotopic (exact) mass is 509 g/mol. The Morgan fingerprint density at radius 2 is 2.03 bits per heavy atom. The number of aromatic nitrogens is 4. The van der Waals surface area contributed by atoms with Gasteiger partial charge in [0.05, 0.1) is 22.3 Å². The van der Waals surface area contributed by atoms with Gasteiger partial charge in [-0.3, -0.25) is 0 Å². The van der Waals surface area contributed by atoms with E-state index in [1.165, 1.54) is 12.1 Å². The van der Waals surface area contributed by atoms with E-state index in [1.807, 2.05) is 17.7 Å². The summed E-state index contributed by atoms with van der Waals surface area (Å²) in [6.07, 6.45) is 7.46. The first-order valence-electron chi connectivity index (χ1n) is 9.60. The number of rotatable bonds is 11. The fourth-order valence-electron chi connectivity index (χ4n) is 2.62. The average Bonchev–Trinajstić information content (AvgIpc) is 3.27. The van der Waals surface area contributed by atoms with Gasteiger partial charge in [-0.15, -0.1) is 0 Å². The third-order valence-corrected chi connectivity index (χ3v) is 6.32. The van der Waals surface area contributed by atoms with Gasteiger partial charge in [0.25, 0.3) is 0 Å². The molecule has 166 valence electrons. The number of hydrogen-bond donors (Lipinski definition) is 4. The maximum atomic E-state index is 12.5. The van der Waals surface area contributed by atoms with Crippen LogP contribution in [0.5, 0.6) is 0 Å². The van der Waals surface area contributed by atoms with Crippen LogP contribution in [0, 0.1) is 0 Å². The van der Waals surface area contributed by atoms with E-state index in [1.54, 1.807) is 30.9 Å². The molecule has 2 heterocycles. The van der Waals surface area contributed by atoms with Crippen molar-refractivity contribution < 1.29 is 13.5 Å².